The summed E-state index contributed by atoms with van der Waals surface area (Å²) in [5.41, 5.74) is 9.35. The quantitative estimate of drug-likeness (QED) is 0.179. The molecule has 0 radical (unpaired) electrons. The topological polar surface area (TPSA) is 43.5 Å². The molecular weight excluding hydrogens is 480 g/mol. The van der Waals surface area contributed by atoms with Gasteiger partial charge in [-0.1, -0.05) is 60.7 Å². The van der Waals surface area contributed by atoms with E-state index in [1.165, 1.54) is 22.4 Å². The van der Waals surface area contributed by atoms with Gasteiger partial charge >= 0.3 is 0 Å². The number of fused-ring (bicyclic) bond motifs is 9. The predicted octanol–water partition coefficient (Wildman–Crippen LogP) is 7.07. The van der Waals surface area contributed by atoms with Crippen LogP contribution in [0, 0.1) is 0 Å². The van der Waals surface area contributed by atoms with Crippen LogP contribution in [0.2, 0.25) is 0 Å². The SMILES string of the molecule is O=c1c2ccccc2n2c3cc4c5c(n(-c6ccccc6)c4cc3c(=O)c3cccc1c32)-c1ccccc1C5. The third-order valence-corrected chi connectivity index (χ3v) is 8.47. The molecule has 8 aromatic rings. The highest BCUT2D eigenvalue weighted by Crippen LogP contribution is 2.45. The average molecular weight is 501 g/mol. The van der Waals surface area contributed by atoms with Gasteiger partial charge in [0.25, 0.3) is 0 Å². The molecule has 182 valence electrons. The summed E-state index contributed by atoms with van der Waals surface area (Å²) >= 11 is 0. The van der Waals surface area contributed by atoms with Gasteiger partial charge in [-0.15, -0.1) is 0 Å². The summed E-state index contributed by atoms with van der Waals surface area (Å²) < 4.78 is 4.44. The van der Waals surface area contributed by atoms with E-state index in [2.05, 4.69) is 69.6 Å². The van der Waals surface area contributed by atoms with Crippen LogP contribution in [-0.2, 0) is 6.42 Å². The lowest BCUT2D eigenvalue weighted by molar-refractivity contribution is 1.13. The van der Waals surface area contributed by atoms with Crippen molar-refractivity contribution in [2.24, 2.45) is 0 Å². The summed E-state index contributed by atoms with van der Waals surface area (Å²) in [6, 6.07) is 36.4. The van der Waals surface area contributed by atoms with E-state index >= 15 is 0 Å². The molecule has 0 N–H and O–H groups in total. The highest BCUT2D eigenvalue weighted by molar-refractivity contribution is 6.11. The Morgan fingerprint density at radius 1 is 0.538 bits per heavy atom. The molecule has 5 aromatic carbocycles. The van der Waals surface area contributed by atoms with Gasteiger partial charge in [0.05, 0.1) is 27.8 Å². The fraction of sp³-hybridized carbons (Fsp3) is 0.0286. The van der Waals surface area contributed by atoms with E-state index in [0.29, 0.717) is 27.1 Å². The number of nitrogens with zero attached hydrogens (tertiary/aromatic N) is 2. The second kappa shape index (κ2) is 7.21. The van der Waals surface area contributed by atoms with Crippen LogP contribution in [0.1, 0.15) is 11.1 Å². The molecule has 4 heteroatoms. The minimum Gasteiger partial charge on any atom is -0.309 e. The Balaban J connectivity index is 1.56. The molecule has 3 aromatic heterocycles. The van der Waals surface area contributed by atoms with Crippen molar-refractivity contribution in [3.8, 4) is 16.9 Å². The lowest BCUT2D eigenvalue weighted by atomic mass is 10.0. The molecule has 0 saturated carbocycles. The van der Waals surface area contributed by atoms with E-state index in [4.69, 9.17) is 0 Å². The summed E-state index contributed by atoms with van der Waals surface area (Å²) in [4.78, 5) is 27.6. The summed E-state index contributed by atoms with van der Waals surface area (Å²) in [5.74, 6) is 0. The first-order chi connectivity index (χ1) is 19.2. The van der Waals surface area contributed by atoms with E-state index < -0.39 is 0 Å². The van der Waals surface area contributed by atoms with Crippen molar-refractivity contribution in [1.82, 2.24) is 8.97 Å². The fourth-order valence-electron chi connectivity index (χ4n) is 6.83. The van der Waals surface area contributed by atoms with E-state index in [9.17, 15) is 9.59 Å². The molecule has 0 saturated heterocycles. The lowest BCUT2D eigenvalue weighted by Crippen LogP contribution is -2.14. The number of rotatable bonds is 1. The molecule has 1 aliphatic carbocycles. The third kappa shape index (κ3) is 2.53. The van der Waals surface area contributed by atoms with Crippen molar-refractivity contribution >= 4 is 49.0 Å². The van der Waals surface area contributed by atoms with Crippen LogP contribution in [0.3, 0.4) is 0 Å². The molecule has 39 heavy (non-hydrogen) atoms. The zero-order valence-electron chi connectivity index (χ0n) is 20.8. The highest BCUT2D eigenvalue weighted by Gasteiger charge is 2.28. The Morgan fingerprint density at radius 2 is 1.21 bits per heavy atom. The van der Waals surface area contributed by atoms with Crippen molar-refractivity contribution in [1.29, 1.82) is 0 Å². The number of pyridine rings is 2. The Morgan fingerprint density at radius 3 is 2.05 bits per heavy atom. The first-order valence-corrected chi connectivity index (χ1v) is 13.2. The maximum absolute atomic E-state index is 14.1. The van der Waals surface area contributed by atoms with Gasteiger partial charge in [-0.2, -0.15) is 0 Å². The zero-order chi connectivity index (χ0) is 25.8. The molecule has 0 fully saturated rings. The van der Waals surface area contributed by atoms with Gasteiger partial charge in [-0.05, 0) is 59.7 Å². The molecule has 1 aliphatic rings. The average Bonchev–Trinajstić information content (AvgIpc) is 3.51. The summed E-state index contributed by atoms with van der Waals surface area (Å²) in [7, 11) is 0. The Labute approximate surface area is 221 Å². The first-order valence-electron chi connectivity index (χ1n) is 13.2. The number of benzene rings is 5. The van der Waals surface area contributed by atoms with Crippen LogP contribution in [-0.4, -0.2) is 8.97 Å². The Kier molecular flexibility index (Phi) is 3.84. The monoisotopic (exact) mass is 500 g/mol. The normalized spacial score (nSPS) is 12.7. The van der Waals surface area contributed by atoms with Crippen LogP contribution in [0.25, 0.3) is 65.9 Å². The van der Waals surface area contributed by atoms with Gasteiger partial charge in [-0.25, -0.2) is 0 Å². The molecule has 4 nitrogen and oxygen atoms in total. The first kappa shape index (κ1) is 20.8. The Bertz CT molecular complexity index is 2450. The number of hydrogen-bond acceptors (Lipinski definition) is 2. The summed E-state index contributed by atoms with van der Waals surface area (Å²) in [6.07, 6.45) is 0.839. The molecule has 0 atom stereocenters. The maximum Gasteiger partial charge on any atom is 0.197 e. The molecule has 0 spiro atoms. The maximum atomic E-state index is 14.1. The molecule has 3 heterocycles. The van der Waals surface area contributed by atoms with Crippen molar-refractivity contribution in [3.05, 3.63) is 141 Å². The second-order valence-corrected chi connectivity index (χ2v) is 10.4. The standard InChI is InChI=1S/C35H20N2O2/c38-34-23-13-6-7-16-29(23)37-31-18-26-27-17-20-9-4-5-12-22(20)32(27)36(21-10-2-1-3-11-21)30(26)19-28(31)35(39)25-15-8-14-24(34)33(25)37/h1-16,18-19H,17H2. The van der Waals surface area contributed by atoms with Gasteiger partial charge in [0.1, 0.15) is 0 Å². The fourth-order valence-corrected chi connectivity index (χ4v) is 6.83. The van der Waals surface area contributed by atoms with E-state index in [-0.39, 0.29) is 10.9 Å². The molecule has 0 amide bonds. The van der Waals surface area contributed by atoms with Gasteiger partial charge in [0.15, 0.2) is 10.9 Å². The van der Waals surface area contributed by atoms with Crippen molar-refractivity contribution in [2.75, 3.05) is 0 Å². The number of hydrogen-bond donors (Lipinski definition) is 0. The largest absolute Gasteiger partial charge is 0.309 e. The molecule has 0 bridgehead atoms. The smallest absolute Gasteiger partial charge is 0.197 e. The van der Waals surface area contributed by atoms with Crippen LogP contribution >= 0.6 is 0 Å². The second-order valence-electron chi connectivity index (χ2n) is 10.4. The number of para-hydroxylation sites is 3. The van der Waals surface area contributed by atoms with Gasteiger partial charge in [0.2, 0.25) is 0 Å². The highest BCUT2D eigenvalue weighted by atomic mass is 16.1. The van der Waals surface area contributed by atoms with Gasteiger partial charge in [0, 0.05) is 44.6 Å². The minimum absolute atomic E-state index is 0.0393. The predicted molar refractivity (Wildman–Crippen MR) is 159 cm³/mol. The van der Waals surface area contributed by atoms with E-state index in [1.54, 1.807) is 0 Å². The molecular formula is C35H20N2O2. The number of aromatic nitrogens is 2. The van der Waals surface area contributed by atoms with Crippen molar-refractivity contribution in [2.45, 2.75) is 6.42 Å². The van der Waals surface area contributed by atoms with Crippen LogP contribution < -0.4 is 10.9 Å². The summed E-state index contributed by atoms with van der Waals surface area (Å²) in [5, 5.41) is 3.58. The van der Waals surface area contributed by atoms with E-state index in [0.717, 1.165) is 34.0 Å². The summed E-state index contributed by atoms with van der Waals surface area (Å²) in [6.45, 7) is 0. The van der Waals surface area contributed by atoms with Gasteiger partial charge < -0.3 is 8.97 Å². The van der Waals surface area contributed by atoms with Gasteiger partial charge in [-0.3, -0.25) is 9.59 Å². The zero-order valence-corrected chi connectivity index (χ0v) is 20.8. The minimum atomic E-state index is -0.0476. The van der Waals surface area contributed by atoms with Crippen LogP contribution in [0.5, 0.6) is 0 Å². The van der Waals surface area contributed by atoms with Crippen molar-refractivity contribution < 1.29 is 0 Å². The lowest BCUT2D eigenvalue weighted by Gasteiger charge is -2.15. The van der Waals surface area contributed by atoms with E-state index in [1.807, 2.05) is 48.5 Å². The molecule has 9 rings (SSSR count). The molecule has 0 unspecified atom stereocenters. The van der Waals surface area contributed by atoms with Crippen LogP contribution in [0.4, 0.5) is 0 Å². The van der Waals surface area contributed by atoms with Crippen molar-refractivity contribution in [3.63, 3.8) is 0 Å². The Hall–Kier alpha value is -5.22. The third-order valence-electron chi connectivity index (χ3n) is 8.47. The van der Waals surface area contributed by atoms with Crippen LogP contribution in [0.15, 0.2) is 119 Å². The molecule has 0 aliphatic heterocycles.